The van der Waals surface area contributed by atoms with Crippen LogP contribution in [-0.4, -0.2) is 30.5 Å². The first kappa shape index (κ1) is 14.0. The number of fused-ring (bicyclic) bond motifs is 1. The van der Waals surface area contributed by atoms with Gasteiger partial charge in [-0.15, -0.1) is 0 Å². The first-order chi connectivity index (χ1) is 9.83. The topological polar surface area (TPSA) is 41.1 Å². The van der Waals surface area contributed by atoms with Crippen LogP contribution in [0.25, 0.3) is 0 Å². The fraction of sp³-hybridized carbons (Fsp3) is 0.562. The normalized spacial score (nSPS) is 19.4. The van der Waals surface area contributed by atoms with Crippen LogP contribution in [0.15, 0.2) is 18.2 Å². The molecule has 2 aliphatic rings. The van der Waals surface area contributed by atoms with E-state index in [1.54, 1.807) is 0 Å². The minimum Gasteiger partial charge on any atom is -0.352 e. The van der Waals surface area contributed by atoms with Crippen LogP contribution in [0.1, 0.15) is 34.3 Å². The Labute approximate surface area is 124 Å². The number of carbonyl (C=O) groups excluding carboxylic acids is 1. The van der Waals surface area contributed by atoms with Gasteiger partial charge in [0, 0.05) is 18.7 Å². The van der Waals surface area contributed by atoms with Gasteiger partial charge < -0.3 is 10.6 Å². The summed E-state index contributed by atoms with van der Waals surface area (Å²) in [6.45, 7) is 2.75. The molecule has 1 aromatic carbocycles. The molecule has 1 saturated heterocycles. The molecule has 2 aliphatic heterocycles. The number of carbonyl (C=O) groups is 1. The lowest BCUT2D eigenvalue weighted by Crippen LogP contribution is -2.31. The van der Waals surface area contributed by atoms with Crippen LogP contribution in [-0.2, 0) is 13.0 Å². The summed E-state index contributed by atoms with van der Waals surface area (Å²) in [6, 6.07) is 6.13. The molecule has 0 aliphatic carbocycles. The molecular weight excluding hydrogens is 268 g/mol. The van der Waals surface area contributed by atoms with Crippen molar-refractivity contribution >= 4 is 17.7 Å². The van der Waals surface area contributed by atoms with E-state index >= 15 is 0 Å². The molecule has 108 valence electrons. The lowest BCUT2D eigenvalue weighted by atomic mass is 9.98. The Kier molecular flexibility index (Phi) is 4.63. The Morgan fingerprint density at radius 1 is 1.30 bits per heavy atom. The second-order valence-electron chi connectivity index (χ2n) is 5.68. The van der Waals surface area contributed by atoms with Crippen LogP contribution in [0, 0.1) is 5.92 Å². The van der Waals surface area contributed by atoms with Crippen LogP contribution in [0.2, 0.25) is 0 Å². The third-order valence-electron chi connectivity index (χ3n) is 4.25. The SMILES string of the molecule is O=C(NCC1CCSCC1)c1ccc2c(c1)CNCC2. The van der Waals surface area contributed by atoms with Crippen molar-refractivity contribution in [3.05, 3.63) is 34.9 Å². The molecule has 1 aromatic rings. The van der Waals surface area contributed by atoms with Crippen LogP contribution in [0.5, 0.6) is 0 Å². The van der Waals surface area contributed by atoms with Gasteiger partial charge >= 0.3 is 0 Å². The quantitative estimate of drug-likeness (QED) is 0.897. The van der Waals surface area contributed by atoms with Gasteiger partial charge in [0.1, 0.15) is 0 Å². The van der Waals surface area contributed by atoms with Crippen molar-refractivity contribution in [3.8, 4) is 0 Å². The summed E-state index contributed by atoms with van der Waals surface area (Å²) in [6.07, 6.45) is 3.54. The van der Waals surface area contributed by atoms with Crippen molar-refractivity contribution in [2.75, 3.05) is 24.6 Å². The summed E-state index contributed by atoms with van der Waals surface area (Å²) in [5, 5.41) is 6.46. The zero-order valence-corrected chi connectivity index (χ0v) is 12.6. The monoisotopic (exact) mass is 290 g/mol. The van der Waals surface area contributed by atoms with Gasteiger partial charge in [-0.3, -0.25) is 4.79 Å². The number of hydrogen-bond donors (Lipinski definition) is 2. The molecule has 4 heteroatoms. The lowest BCUT2D eigenvalue weighted by Gasteiger charge is -2.22. The average molecular weight is 290 g/mol. The fourth-order valence-electron chi connectivity index (χ4n) is 2.91. The maximum absolute atomic E-state index is 12.2. The van der Waals surface area contributed by atoms with Crippen molar-refractivity contribution in [2.24, 2.45) is 5.92 Å². The molecule has 3 rings (SSSR count). The molecule has 2 N–H and O–H groups in total. The third kappa shape index (κ3) is 3.36. The summed E-state index contributed by atoms with van der Waals surface area (Å²) >= 11 is 2.03. The molecule has 0 bridgehead atoms. The molecular formula is C16H22N2OS. The van der Waals surface area contributed by atoms with Crippen LogP contribution >= 0.6 is 11.8 Å². The van der Waals surface area contributed by atoms with Gasteiger partial charge in [-0.2, -0.15) is 11.8 Å². The van der Waals surface area contributed by atoms with E-state index in [-0.39, 0.29) is 5.91 Å². The number of nitrogens with one attached hydrogen (secondary N) is 2. The van der Waals surface area contributed by atoms with Gasteiger partial charge in [-0.25, -0.2) is 0 Å². The summed E-state index contributed by atoms with van der Waals surface area (Å²) in [4.78, 5) is 12.2. The number of thioether (sulfide) groups is 1. The minimum atomic E-state index is 0.0802. The highest BCUT2D eigenvalue weighted by Crippen LogP contribution is 2.22. The predicted molar refractivity (Wildman–Crippen MR) is 84.2 cm³/mol. The highest BCUT2D eigenvalue weighted by molar-refractivity contribution is 7.99. The first-order valence-corrected chi connectivity index (χ1v) is 8.67. The van der Waals surface area contributed by atoms with E-state index in [2.05, 4.69) is 16.7 Å². The Bertz CT molecular complexity index is 483. The molecule has 0 atom stereocenters. The van der Waals surface area contributed by atoms with Crippen LogP contribution < -0.4 is 10.6 Å². The van der Waals surface area contributed by atoms with Gasteiger partial charge in [0.2, 0.25) is 0 Å². The van der Waals surface area contributed by atoms with Crippen molar-refractivity contribution in [3.63, 3.8) is 0 Å². The second kappa shape index (κ2) is 6.64. The Hall–Kier alpha value is -1.00. The van der Waals surface area contributed by atoms with Gasteiger partial charge in [-0.05, 0) is 66.5 Å². The highest BCUT2D eigenvalue weighted by atomic mass is 32.2. The number of amides is 1. The van der Waals surface area contributed by atoms with E-state index in [0.717, 1.165) is 31.6 Å². The van der Waals surface area contributed by atoms with Gasteiger partial charge in [0.25, 0.3) is 5.91 Å². The summed E-state index contributed by atoms with van der Waals surface area (Å²) in [7, 11) is 0. The van der Waals surface area contributed by atoms with E-state index in [9.17, 15) is 4.79 Å². The molecule has 0 aromatic heterocycles. The van der Waals surface area contributed by atoms with E-state index < -0.39 is 0 Å². The van der Waals surface area contributed by atoms with Gasteiger partial charge in [0.05, 0.1) is 0 Å². The number of rotatable bonds is 3. The maximum Gasteiger partial charge on any atom is 0.251 e. The Morgan fingerprint density at radius 3 is 3.00 bits per heavy atom. The van der Waals surface area contributed by atoms with Gasteiger partial charge in [-0.1, -0.05) is 6.07 Å². The zero-order chi connectivity index (χ0) is 13.8. The molecule has 1 amide bonds. The molecule has 0 saturated carbocycles. The Balaban J connectivity index is 1.59. The van der Waals surface area contributed by atoms with Crippen molar-refractivity contribution in [1.82, 2.24) is 10.6 Å². The zero-order valence-electron chi connectivity index (χ0n) is 11.8. The van der Waals surface area contributed by atoms with Crippen molar-refractivity contribution in [1.29, 1.82) is 0 Å². The minimum absolute atomic E-state index is 0.0802. The average Bonchev–Trinajstić information content (AvgIpc) is 2.53. The molecule has 0 unspecified atom stereocenters. The number of benzene rings is 1. The number of hydrogen-bond acceptors (Lipinski definition) is 3. The standard InChI is InChI=1S/C16H22N2OS/c19-16(18-10-12-4-7-20-8-5-12)14-2-1-13-3-6-17-11-15(13)9-14/h1-2,9,12,17H,3-8,10-11H2,(H,18,19). The maximum atomic E-state index is 12.2. The summed E-state index contributed by atoms with van der Waals surface area (Å²) in [5.41, 5.74) is 3.46. The van der Waals surface area contributed by atoms with Crippen LogP contribution in [0.4, 0.5) is 0 Å². The molecule has 2 heterocycles. The highest BCUT2D eigenvalue weighted by Gasteiger charge is 2.16. The fourth-order valence-corrected chi connectivity index (χ4v) is 4.12. The smallest absolute Gasteiger partial charge is 0.251 e. The largest absolute Gasteiger partial charge is 0.352 e. The van der Waals surface area contributed by atoms with Crippen molar-refractivity contribution in [2.45, 2.75) is 25.8 Å². The third-order valence-corrected chi connectivity index (χ3v) is 5.30. The molecule has 0 spiro atoms. The van der Waals surface area contributed by atoms with E-state index in [0.29, 0.717) is 5.92 Å². The van der Waals surface area contributed by atoms with Crippen molar-refractivity contribution < 1.29 is 4.79 Å². The molecule has 1 fully saturated rings. The second-order valence-corrected chi connectivity index (χ2v) is 6.90. The molecule has 0 radical (unpaired) electrons. The molecule has 3 nitrogen and oxygen atoms in total. The van der Waals surface area contributed by atoms with E-state index in [4.69, 9.17) is 0 Å². The molecule has 20 heavy (non-hydrogen) atoms. The van der Waals surface area contributed by atoms with Gasteiger partial charge in [0.15, 0.2) is 0 Å². The summed E-state index contributed by atoms with van der Waals surface area (Å²) in [5.74, 6) is 3.23. The Morgan fingerprint density at radius 2 is 2.15 bits per heavy atom. The lowest BCUT2D eigenvalue weighted by molar-refractivity contribution is 0.0946. The predicted octanol–water partition coefficient (Wildman–Crippen LogP) is 2.21. The van der Waals surface area contributed by atoms with Crippen LogP contribution in [0.3, 0.4) is 0 Å². The first-order valence-electron chi connectivity index (χ1n) is 7.51. The van der Waals surface area contributed by atoms with E-state index in [1.807, 2.05) is 23.9 Å². The summed E-state index contributed by atoms with van der Waals surface area (Å²) < 4.78 is 0. The van der Waals surface area contributed by atoms with E-state index in [1.165, 1.54) is 35.5 Å².